The number of nitrogen functional groups attached to an aromatic ring is 1. The van der Waals surface area contributed by atoms with Crippen LogP contribution in [0.5, 0.6) is 5.88 Å². The number of ether oxygens (including phenoxy) is 1. The predicted octanol–water partition coefficient (Wildman–Crippen LogP) is 1.78. The molecule has 1 aromatic heterocycles. The first-order valence-corrected chi connectivity index (χ1v) is 6.95. The van der Waals surface area contributed by atoms with Gasteiger partial charge in [0.15, 0.2) is 0 Å². The van der Waals surface area contributed by atoms with Crippen LogP contribution in [0.2, 0.25) is 0 Å². The highest BCUT2D eigenvalue weighted by molar-refractivity contribution is 5.76. The minimum Gasteiger partial charge on any atom is -0.476 e. The predicted molar refractivity (Wildman–Crippen MR) is 80.8 cm³/mol. The lowest BCUT2D eigenvalue weighted by molar-refractivity contribution is -0.121. The number of anilines is 2. The summed E-state index contributed by atoms with van der Waals surface area (Å²) in [7, 11) is 0. The van der Waals surface area contributed by atoms with Crippen molar-refractivity contribution in [2.75, 3.05) is 24.2 Å². The van der Waals surface area contributed by atoms with Gasteiger partial charge in [0, 0.05) is 19.0 Å². The highest BCUT2D eigenvalue weighted by atomic mass is 16.5. The number of hydrogen-bond acceptors (Lipinski definition) is 5. The van der Waals surface area contributed by atoms with E-state index < -0.39 is 0 Å². The average Bonchev–Trinajstić information content (AvgIpc) is 2.38. The lowest BCUT2D eigenvalue weighted by Crippen LogP contribution is -2.31. The molecule has 0 unspecified atom stereocenters. The Labute approximate surface area is 120 Å². The Kier molecular flexibility index (Phi) is 6.63. The molecule has 0 bridgehead atoms. The van der Waals surface area contributed by atoms with Crippen molar-refractivity contribution in [1.29, 1.82) is 0 Å². The van der Waals surface area contributed by atoms with Crippen LogP contribution < -0.4 is 21.1 Å². The molecule has 112 valence electrons. The molecule has 0 spiro atoms. The number of nitrogens with zero attached hydrogens (tertiary/aromatic N) is 1. The summed E-state index contributed by atoms with van der Waals surface area (Å²) in [5.41, 5.74) is 6.30. The molecule has 0 saturated carbocycles. The van der Waals surface area contributed by atoms with E-state index in [4.69, 9.17) is 10.5 Å². The first-order chi connectivity index (χ1) is 9.52. The highest BCUT2D eigenvalue weighted by Gasteiger charge is 2.06. The summed E-state index contributed by atoms with van der Waals surface area (Å²) in [6, 6.07) is 3.68. The molecule has 1 amide bonds. The van der Waals surface area contributed by atoms with Gasteiger partial charge in [0.1, 0.15) is 5.82 Å². The Balaban J connectivity index is 2.45. The van der Waals surface area contributed by atoms with Crippen molar-refractivity contribution in [3.8, 4) is 5.88 Å². The number of amides is 1. The van der Waals surface area contributed by atoms with Crippen LogP contribution in [0.4, 0.5) is 11.5 Å². The lowest BCUT2D eigenvalue weighted by Gasteiger charge is -2.11. The maximum atomic E-state index is 11.5. The summed E-state index contributed by atoms with van der Waals surface area (Å²) >= 11 is 0. The minimum absolute atomic E-state index is 0.0189. The average molecular weight is 280 g/mol. The van der Waals surface area contributed by atoms with Crippen molar-refractivity contribution in [2.45, 2.75) is 39.7 Å². The Bertz CT molecular complexity index is 435. The molecule has 0 radical (unpaired) electrons. The number of nitrogens with one attached hydrogen (secondary N) is 2. The Morgan fingerprint density at radius 3 is 2.85 bits per heavy atom. The van der Waals surface area contributed by atoms with Gasteiger partial charge in [0.05, 0.1) is 12.3 Å². The monoisotopic (exact) mass is 280 g/mol. The van der Waals surface area contributed by atoms with Gasteiger partial charge in [-0.15, -0.1) is 0 Å². The molecule has 6 nitrogen and oxygen atoms in total. The number of hydrogen-bond donors (Lipinski definition) is 3. The van der Waals surface area contributed by atoms with Crippen LogP contribution in [0.25, 0.3) is 0 Å². The van der Waals surface area contributed by atoms with Crippen LogP contribution in [0.1, 0.15) is 33.6 Å². The molecule has 1 aromatic rings. The highest BCUT2D eigenvalue weighted by Crippen LogP contribution is 2.20. The maximum Gasteiger partial charge on any atom is 0.239 e. The second-order valence-corrected chi connectivity index (χ2v) is 4.84. The van der Waals surface area contributed by atoms with E-state index in [-0.39, 0.29) is 11.9 Å². The maximum absolute atomic E-state index is 11.5. The van der Waals surface area contributed by atoms with Gasteiger partial charge in [0.2, 0.25) is 11.8 Å². The molecule has 0 fully saturated rings. The summed E-state index contributed by atoms with van der Waals surface area (Å²) in [5.74, 6) is 1.11. The third kappa shape index (κ3) is 5.77. The third-order valence-corrected chi connectivity index (χ3v) is 2.44. The summed E-state index contributed by atoms with van der Waals surface area (Å²) < 4.78 is 5.45. The topological polar surface area (TPSA) is 89.3 Å². The van der Waals surface area contributed by atoms with E-state index in [2.05, 4.69) is 15.6 Å². The molecule has 0 saturated heterocycles. The Morgan fingerprint density at radius 1 is 1.45 bits per heavy atom. The van der Waals surface area contributed by atoms with Crippen molar-refractivity contribution in [3.63, 3.8) is 0 Å². The molecule has 1 rings (SSSR count). The third-order valence-electron chi connectivity index (χ3n) is 2.44. The fourth-order valence-electron chi connectivity index (χ4n) is 1.56. The van der Waals surface area contributed by atoms with E-state index >= 15 is 0 Å². The van der Waals surface area contributed by atoms with Crippen molar-refractivity contribution in [2.24, 2.45) is 0 Å². The zero-order chi connectivity index (χ0) is 15.0. The van der Waals surface area contributed by atoms with E-state index in [1.54, 1.807) is 12.1 Å². The molecule has 1 heterocycles. The van der Waals surface area contributed by atoms with Gasteiger partial charge in [-0.2, -0.15) is 4.98 Å². The van der Waals surface area contributed by atoms with E-state index in [0.717, 1.165) is 6.42 Å². The van der Waals surface area contributed by atoms with E-state index in [0.29, 0.717) is 37.0 Å². The molecule has 6 heteroatoms. The summed E-state index contributed by atoms with van der Waals surface area (Å²) in [4.78, 5) is 15.8. The SMILES string of the molecule is CCCOc1nc(NCCC(=O)NC(C)C)ccc1N. The van der Waals surface area contributed by atoms with Gasteiger partial charge < -0.3 is 21.1 Å². The van der Waals surface area contributed by atoms with Crippen LogP contribution >= 0.6 is 0 Å². The van der Waals surface area contributed by atoms with Crippen LogP contribution in [0, 0.1) is 0 Å². The van der Waals surface area contributed by atoms with Gasteiger partial charge in [-0.25, -0.2) is 0 Å². The molecule has 0 aliphatic heterocycles. The molecule has 0 atom stereocenters. The van der Waals surface area contributed by atoms with Crippen molar-refractivity contribution < 1.29 is 9.53 Å². The van der Waals surface area contributed by atoms with E-state index in [9.17, 15) is 4.79 Å². The largest absolute Gasteiger partial charge is 0.476 e. The molecule has 0 aliphatic carbocycles. The minimum atomic E-state index is 0.0189. The first-order valence-electron chi connectivity index (χ1n) is 6.95. The van der Waals surface area contributed by atoms with Crippen LogP contribution in [-0.4, -0.2) is 30.1 Å². The van der Waals surface area contributed by atoms with E-state index in [1.165, 1.54) is 0 Å². The van der Waals surface area contributed by atoms with Crippen LogP contribution in [0.15, 0.2) is 12.1 Å². The Morgan fingerprint density at radius 2 is 2.20 bits per heavy atom. The number of aromatic nitrogens is 1. The normalized spacial score (nSPS) is 10.4. The fraction of sp³-hybridized carbons (Fsp3) is 0.571. The lowest BCUT2D eigenvalue weighted by atomic mass is 10.3. The van der Waals surface area contributed by atoms with E-state index in [1.807, 2.05) is 20.8 Å². The number of nitrogens with two attached hydrogens (primary N) is 1. The summed E-state index contributed by atoms with van der Waals surface area (Å²) in [6.07, 6.45) is 1.30. The summed E-state index contributed by atoms with van der Waals surface area (Å²) in [6.45, 7) is 6.99. The number of carbonyl (C=O) groups is 1. The smallest absolute Gasteiger partial charge is 0.239 e. The molecule has 0 aromatic carbocycles. The number of rotatable bonds is 8. The van der Waals surface area contributed by atoms with Crippen LogP contribution in [0.3, 0.4) is 0 Å². The van der Waals surface area contributed by atoms with Gasteiger partial charge in [-0.05, 0) is 32.4 Å². The second kappa shape index (κ2) is 8.24. The molecular weight excluding hydrogens is 256 g/mol. The fourth-order valence-corrected chi connectivity index (χ4v) is 1.56. The first kappa shape index (κ1) is 16.1. The van der Waals surface area contributed by atoms with Gasteiger partial charge in [-0.1, -0.05) is 6.92 Å². The van der Waals surface area contributed by atoms with Crippen molar-refractivity contribution >= 4 is 17.4 Å². The molecule has 20 heavy (non-hydrogen) atoms. The standard InChI is InChI=1S/C14H24N4O2/c1-4-9-20-14-11(15)5-6-12(18-14)16-8-7-13(19)17-10(2)3/h5-6,10H,4,7-9,15H2,1-3H3,(H,16,18)(H,17,19). The van der Waals surface area contributed by atoms with Gasteiger partial charge in [0.25, 0.3) is 0 Å². The molecule has 0 aliphatic rings. The van der Waals surface area contributed by atoms with Crippen LogP contribution in [-0.2, 0) is 4.79 Å². The quantitative estimate of drug-likeness (QED) is 0.675. The zero-order valence-electron chi connectivity index (χ0n) is 12.4. The van der Waals surface area contributed by atoms with Gasteiger partial charge >= 0.3 is 0 Å². The van der Waals surface area contributed by atoms with Crippen molar-refractivity contribution in [3.05, 3.63) is 12.1 Å². The van der Waals surface area contributed by atoms with Crippen molar-refractivity contribution in [1.82, 2.24) is 10.3 Å². The van der Waals surface area contributed by atoms with Gasteiger partial charge in [-0.3, -0.25) is 4.79 Å². The summed E-state index contributed by atoms with van der Waals surface area (Å²) in [5, 5.41) is 5.92. The molecule has 4 N–H and O–H groups in total. The second-order valence-electron chi connectivity index (χ2n) is 4.84. The Hall–Kier alpha value is -1.98. The number of carbonyl (C=O) groups excluding carboxylic acids is 1. The number of pyridine rings is 1. The molecular formula is C14H24N4O2. The zero-order valence-corrected chi connectivity index (χ0v) is 12.4.